The summed E-state index contributed by atoms with van der Waals surface area (Å²) in [5, 5.41) is 31.9. The van der Waals surface area contributed by atoms with Gasteiger partial charge >= 0.3 is 6.03 Å². The molecule has 2 aliphatic rings. The third kappa shape index (κ3) is 4.34. The molecule has 0 bridgehead atoms. The minimum Gasteiger partial charge on any atom is -0.388 e. The van der Waals surface area contributed by atoms with Crippen molar-refractivity contribution >= 4 is 27.3 Å². The zero-order valence-electron chi connectivity index (χ0n) is 19.1. The first-order valence-electron chi connectivity index (χ1n) is 11.1. The van der Waals surface area contributed by atoms with Gasteiger partial charge in [-0.2, -0.15) is 5.26 Å². The van der Waals surface area contributed by atoms with Crippen LogP contribution in [0.5, 0.6) is 0 Å². The van der Waals surface area contributed by atoms with Gasteiger partial charge in [-0.3, -0.25) is 0 Å². The Morgan fingerprint density at radius 3 is 2.12 bits per heavy atom. The maximum absolute atomic E-state index is 13.3. The fourth-order valence-electron chi connectivity index (χ4n) is 4.90. The summed E-state index contributed by atoms with van der Waals surface area (Å²) in [6.45, 7) is 3.09. The molecule has 0 saturated heterocycles. The number of nitrogens with two attached hydrogens (primary N) is 1. The van der Waals surface area contributed by atoms with Gasteiger partial charge in [0.25, 0.3) is 0 Å². The number of carbonyl (C=O) groups is 1. The molecule has 1 atom stereocenters. The molecule has 2 aliphatic carbocycles. The maximum atomic E-state index is 13.3. The number of nitriles is 1. The molecular formula is C24H29N5O3S. The van der Waals surface area contributed by atoms with Gasteiger partial charge in [-0.1, -0.05) is 0 Å². The second kappa shape index (κ2) is 8.45. The fraction of sp³-hybridized carbons (Fsp3) is 0.417. The van der Waals surface area contributed by atoms with Crippen LogP contribution in [0.4, 0.5) is 16.2 Å². The number of anilines is 2. The van der Waals surface area contributed by atoms with E-state index in [0.717, 1.165) is 55.3 Å². The Morgan fingerprint density at radius 2 is 1.64 bits per heavy atom. The second-order valence-electron chi connectivity index (χ2n) is 9.13. The van der Waals surface area contributed by atoms with Crippen molar-refractivity contribution in [2.45, 2.75) is 62.9 Å². The van der Waals surface area contributed by atoms with Crippen molar-refractivity contribution in [3.05, 3.63) is 51.6 Å². The molecule has 0 aliphatic heterocycles. The molecule has 1 unspecified atom stereocenters. The summed E-state index contributed by atoms with van der Waals surface area (Å²) < 4.78 is 17.1. The monoisotopic (exact) mass is 467 g/mol. The minimum atomic E-state index is -3.65. The predicted molar refractivity (Wildman–Crippen MR) is 128 cm³/mol. The average molecular weight is 468 g/mol. The van der Waals surface area contributed by atoms with Gasteiger partial charge in [0.2, 0.25) is 0 Å². The van der Waals surface area contributed by atoms with Gasteiger partial charge in [0.1, 0.15) is 9.92 Å². The van der Waals surface area contributed by atoms with Crippen LogP contribution < -0.4 is 15.8 Å². The number of fused-ring (bicyclic) bond motifs is 2. The van der Waals surface area contributed by atoms with Crippen molar-refractivity contribution in [3.63, 3.8) is 0 Å². The lowest BCUT2D eigenvalue weighted by Gasteiger charge is -2.20. The van der Waals surface area contributed by atoms with Gasteiger partial charge in [0.15, 0.2) is 0 Å². The maximum Gasteiger partial charge on any atom is 0.354 e. The number of urea groups is 1. The number of carbonyl (C=O) groups excluding carboxylic acids is 1. The lowest BCUT2D eigenvalue weighted by molar-refractivity contribution is 0.0783. The van der Waals surface area contributed by atoms with Crippen molar-refractivity contribution in [3.8, 4) is 6.07 Å². The Labute approximate surface area is 194 Å². The van der Waals surface area contributed by atoms with Crippen LogP contribution in [0.25, 0.3) is 0 Å². The zero-order chi connectivity index (χ0) is 24.0. The number of nitrogens with one attached hydrogen (secondary N) is 2. The van der Waals surface area contributed by atoms with Crippen LogP contribution in [-0.4, -0.2) is 22.4 Å². The molecule has 0 spiro atoms. The van der Waals surface area contributed by atoms with E-state index in [9.17, 15) is 19.4 Å². The Morgan fingerprint density at radius 1 is 1.09 bits per heavy atom. The average Bonchev–Trinajstić information content (AvgIpc) is 3.42. The molecule has 4 rings (SSSR count). The smallest absolute Gasteiger partial charge is 0.354 e. The SMILES string of the molecule is CNc1c2c(c(NC(=O)N=S(N)(=O)c3cc(C#N)cc(C(C)(C)O)c3)c3c1CCC3)CCC2. The van der Waals surface area contributed by atoms with Crippen molar-refractivity contribution in [2.75, 3.05) is 17.7 Å². The normalized spacial score (nSPS) is 16.4. The van der Waals surface area contributed by atoms with Crippen molar-refractivity contribution in [1.82, 2.24) is 0 Å². The van der Waals surface area contributed by atoms with Gasteiger partial charge in [0, 0.05) is 18.4 Å². The molecule has 2 aromatic carbocycles. The molecule has 0 radical (unpaired) electrons. The number of nitrogens with zero attached hydrogens (tertiary/aromatic N) is 2. The highest BCUT2D eigenvalue weighted by molar-refractivity contribution is 7.91. The summed E-state index contributed by atoms with van der Waals surface area (Å²) in [4.78, 5) is 12.9. The number of benzene rings is 2. The second-order valence-corrected chi connectivity index (χ2v) is 10.9. The van der Waals surface area contributed by atoms with Crippen molar-refractivity contribution in [2.24, 2.45) is 9.50 Å². The molecule has 8 nitrogen and oxygen atoms in total. The number of amides is 2. The minimum absolute atomic E-state index is 0.0230. The lowest BCUT2D eigenvalue weighted by Crippen LogP contribution is -2.21. The molecule has 0 fully saturated rings. The summed E-state index contributed by atoms with van der Waals surface area (Å²) in [7, 11) is -1.72. The summed E-state index contributed by atoms with van der Waals surface area (Å²) in [5.74, 6) is 0. The molecule has 174 valence electrons. The summed E-state index contributed by atoms with van der Waals surface area (Å²) >= 11 is 0. The Bertz CT molecular complexity index is 1280. The molecule has 0 aromatic heterocycles. The molecule has 5 N–H and O–H groups in total. The third-order valence-corrected chi connectivity index (χ3v) is 7.77. The quantitative estimate of drug-likeness (QED) is 0.507. The first-order chi connectivity index (χ1) is 15.5. The third-order valence-electron chi connectivity index (χ3n) is 6.42. The summed E-state index contributed by atoms with van der Waals surface area (Å²) in [6.07, 6.45) is 5.66. The van der Waals surface area contributed by atoms with E-state index >= 15 is 0 Å². The highest BCUT2D eigenvalue weighted by Crippen LogP contribution is 2.44. The van der Waals surface area contributed by atoms with Crippen LogP contribution in [0, 0.1) is 11.3 Å². The molecule has 9 heteroatoms. The van der Waals surface area contributed by atoms with Crippen molar-refractivity contribution in [1.29, 1.82) is 5.26 Å². The van der Waals surface area contributed by atoms with E-state index in [4.69, 9.17) is 5.14 Å². The van der Waals surface area contributed by atoms with Crippen LogP contribution in [0.2, 0.25) is 0 Å². The van der Waals surface area contributed by atoms with Gasteiger partial charge in [-0.15, -0.1) is 4.36 Å². The van der Waals surface area contributed by atoms with Crippen LogP contribution in [0.1, 0.15) is 60.1 Å². The predicted octanol–water partition coefficient (Wildman–Crippen LogP) is 3.74. The van der Waals surface area contributed by atoms with Gasteiger partial charge in [0.05, 0.1) is 22.1 Å². The molecule has 0 heterocycles. The van der Waals surface area contributed by atoms with E-state index < -0.39 is 21.5 Å². The van der Waals surface area contributed by atoms with E-state index in [1.807, 2.05) is 13.1 Å². The molecule has 33 heavy (non-hydrogen) atoms. The Balaban J connectivity index is 1.74. The Kier molecular flexibility index (Phi) is 5.95. The first-order valence-corrected chi connectivity index (χ1v) is 12.6. The number of hydrogen-bond donors (Lipinski definition) is 4. The highest BCUT2D eigenvalue weighted by atomic mass is 32.2. The van der Waals surface area contributed by atoms with Crippen LogP contribution >= 0.6 is 0 Å². The number of rotatable bonds is 4. The van der Waals surface area contributed by atoms with E-state index in [0.29, 0.717) is 5.56 Å². The molecule has 0 saturated carbocycles. The van der Waals surface area contributed by atoms with Crippen LogP contribution in [-0.2, 0) is 41.2 Å². The Hall–Kier alpha value is -2.93. The van der Waals surface area contributed by atoms with E-state index in [1.165, 1.54) is 35.0 Å². The first kappa shape index (κ1) is 23.2. The van der Waals surface area contributed by atoms with Crippen molar-refractivity contribution < 1.29 is 14.1 Å². The standard InChI is InChI=1S/C24H29N5O3S/c1-24(2,31)15-10-14(13-25)11-16(12-15)33(26,32)29-23(30)28-22-19-8-4-6-17(19)21(27-3)18-7-5-9-20(18)22/h10-12,27,31H,4-9H2,1-3H3,(H3,26,28,29,30,32). The van der Waals surface area contributed by atoms with Gasteiger partial charge in [-0.25, -0.2) is 14.1 Å². The van der Waals surface area contributed by atoms with Gasteiger partial charge < -0.3 is 15.7 Å². The largest absolute Gasteiger partial charge is 0.388 e. The van der Waals surface area contributed by atoms with Gasteiger partial charge in [-0.05, 0) is 98.4 Å². The summed E-state index contributed by atoms with van der Waals surface area (Å²) in [6, 6.07) is 5.45. The molecule has 2 amide bonds. The van der Waals surface area contributed by atoms with Crippen LogP contribution in [0.3, 0.4) is 0 Å². The molecule has 2 aromatic rings. The summed E-state index contributed by atoms with van der Waals surface area (Å²) in [5.41, 5.74) is 5.92. The van der Waals surface area contributed by atoms with E-state index in [1.54, 1.807) is 13.8 Å². The number of aliphatic hydroxyl groups is 1. The number of hydrogen-bond acceptors (Lipinski definition) is 5. The van der Waals surface area contributed by atoms with Crippen LogP contribution in [0.15, 0.2) is 27.5 Å². The van der Waals surface area contributed by atoms with E-state index in [-0.39, 0.29) is 10.5 Å². The lowest BCUT2D eigenvalue weighted by atomic mass is 9.96. The highest BCUT2D eigenvalue weighted by Gasteiger charge is 2.29. The molecular weight excluding hydrogens is 438 g/mol. The topological polar surface area (TPSA) is 141 Å². The van der Waals surface area contributed by atoms with E-state index in [2.05, 4.69) is 15.0 Å². The zero-order valence-corrected chi connectivity index (χ0v) is 19.9. The fourth-order valence-corrected chi connectivity index (χ4v) is 5.89.